The van der Waals surface area contributed by atoms with Crippen LogP contribution in [0.4, 0.5) is 0 Å². The average molecular weight is 264 g/mol. The zero-order valence-corrected chi connectivity index (χ0v) is 11.2. The molecule has 1 aromatic rings. The van der Waals surface area contributed by atoms with Gasteiger partial charge in [-0.3, -0.25) is 14.7 Å². The molecule has 6 nitrogen and oxygen atoms in total. The van der Waals surface area contributed by atoms with Crippen molar-refractivity contribution in [1.29, 1.82) is 0 Å². The number of amides is 2. The summed E-state index contributed by atoms with van der Waals surface area (Å²) in [5.74, 6) is -0.318. The van der Waals surface area contributed by atoms with Crippen molar-refractivity contribution < 1.29 is 9.59 Å². The summed E-state index contributed by atoms with van der Waals surface area (Å²) in [5.41, 5.74) is 1.29. The Morgan fingerprint density at radius 2 is 2.16 bits per heavy atom. The van der Waals surface area contributed by atoms with Crippen molar-refractivity contribution in [3.63, 3.8) is 0 Å². The fraction of sp³-hybridized carbons (Fsp3) is 0.615. The third-order valence-electron chi connectivity index (χ3n) is 3.24. The van der Waals surface area contributed by atoms with Crippen LogP contribution in [0.2, 0.25) is 0 Å². The number of nitrogens with one attached hydrogen (secondary N) is 2. The van der Waals surface area contributed by atoms with E-state index < -0.39 is 0 Å². The lowest BCUT2D eigenvalue weighted by Crippen LogP contribution is -2.38. The largest absolute Gasteiger partial charge is 0.342 e. The fourth-order valence-electron chi connectivity index (χ4n) is 2.20. The predicted octanol–water partition coefficient (Wildman–Crippen LogP) is 0.714. The molecule has 0 spiro atoms. The maximum absolute atomic E-state index is 11.8. The smallest absolute Gasteiger partial charge is 0.272 e. The van der Waals surface area contributed by atoms with Crippen molar-refractivity contribution in [3.05, 3.63) is 17.5 Å². The summed E-state index contributed by atoms with van der Waals surface area (Å²) >= 11 is 0. The molecule has 1 aliphatic rings. The van der Waals surface area contributed by atoms with Gasteiger partial charge in [-0.25, -0.2) is 0 Å². The molecule has 0 aliphatic carbocycles. The highest BCUT2D eigenvalue weighted by atomic mass is 16.2. The van der Waals surface area contributed by atoms with Crippen LogP contribution >= 0.6 is 0 Å². The van der Waals surface area contributed by atoms with Gasteiger partial charge in [0.2, 0.25) is 5.91 Å². The molecule has 2 rings (SSSR count). The molecular formula is C13H20N4O2. The minimum absolute atomic E-state index is 0.0184. The molecule has 2 N–H and O–H groups in total. The summed E-state index contributed by atoms with van der Waals surface area (Å²) in [6.45, 7) is 3.72. The monoisotopic (exact) mass is 264 g/mol. The van der Waals surface area contributed by atoms with Gasteiger partial charge in [0.1, 0.15) is 5.69 Å². The normalized spacial score (nSPS) is 14.7. The number of likely N-dealkylation sites (tertiary alicyclic amines) is 1. The molecule has 19 heavy (non-hydrogen) atoms. The van der Waals surface area contributed by atoms with Gasteiger partial charge >= 0.3 is 0 Å². The van der Waals surface area contributed by atoms with Crippen molar-refractivity contribution in [3.8, 4) is 0 Å². The lowest BCUT2D eigenvalue weighted by atomic mass is 10.2. The van der Waals surface area contributed by atoms with Crippen LogP contribution in [0.15, 0.2) is 6.07 Å². The Morgan fingerprint density at radius 3 is 2.84 bits per heavy atom. The van der Waals surface area contributed by atoms with Crippen LogP contribution in [0.5, 0.6) is 0 Å². The summed E-state index contributed by atoms with van der Waals surface area (Å²) in [5, 5.41) is 9.39. The van der Waals surface area contributed by atoms with Crippen molar-refractivity contribution in [2.24, 2.45) is 0 Å². The van der Waals surface area contributed by atoms with Crippen molar-refractivity contribution >= 4 is 11.8 Å². The number of hydrogen-bond donors (Lipinski definition) is 2. The van der Waals surface area contributed by atoms with E-state index in [1.54, 1.807) is 11.0 Å². The number of aromatic amines is 1. The highest BCUT2D eigenvalue weighted by Gasteiger charge is 2.19. The predicted molar refractivity (Wildman–Crippen MR) is 70.7 cm³/mol. The summed E-state index contributed by atoms with van der Waals surface area (Å²) in [6, 6.07) is 1.74. The van der Waals surface area contributed by atoms with E-state index in [0.717, 1.165) is 44.5 Å². The van der Waals surface area contributed by atoms with Crippen LogP contribution in [0.3, 0.4) is 0 Å². The first kappa shape index (κ1) is 13.6. The number of nitrogens with zero attached hydrogens (tertiary/aromatic N) is 2. The van der Waals surface area contributed by atoms with Gasteiger partial charge in [0.05, 0.1) is 6.54 Å². The molecule has 0 aromatic carbocycles. The van der Waals surface area contributed by atoms with Gasteiger partial charge in [0.25, 0.3) is 5.91 Å². The van der Waals surface area contributed by atoms with E-state index >= 15 is 0 Å². The Balaban J connectivity index is 1.81. The summed E-state index contributed by atoms with van der Waals surface area (Å²) in [7, 11) is 0. The molecule has 6 heteroatoms. The van der Waals surface area contributed by atoms with Crippen LogP contribution in [-0.2, 0) is 11.2 Å². The molecule has 0 saturated carbocycles. The summed E-state index contributed by atoms with van der Waals surface area (Å²) < 4.78 is 0. The lowest BCUT2D eigenvalue weighted by molar-refractivity contribution is -0.129. The van der Waals surface area contributed by atoms with Crippen molar-refractivity contribution in [1.82, 2.24) is 20.4 Å². The van der Waals surface area contributed by atoms with E-state index in [2.05, 4.69) is 22.4 Å². The van der Waals surface area contributed by atoms with Gasteiger partial charge in [0, 0.05) is 18.8 Å². The minimum Gasteiger partial charge on any atom is -0.342 e. The standard InChI is InChI=1S/C13H20N4O2/c1-2-5-10-8-11(16-15-10)13(19)14-9-12(18)17-6-3-4-7-17/h8H,2-7,9H2,1H3,(H,14,19)(H,15,16). The molecule has 2 heterocycles. The molecule has 104 valence electrons. The van der Waals surface area contributed by atoms with Crippen molar-refractivity contribution in [2.75, 3.05) is 19.6 Å². The van der Waals surface area contributed by atoms with E-state index in [4.69, 9.17) is 0 Å². The topological polar surface area (TPSA) is 78.1 Å². The molecular weight excluding hydrogens is 244 g/mol. The Bertz CT molecular complexity index is 449. The van der Waals surface area contributed by atoms with Gasteiger partial charge in [-0.15, -0.1) is 0 Å². The fourth-order valence-corrected chi connectivity index (χ4v) is 2.20. The van der Waals surface area contributed by atoms with E-state index in [1.165, 1.54) is 0 Å². The van der Waals surface area contributed by atoms with Crippen LogP contribution in [0.1, 0.15) is 42.4 Å². The van der Waals surface area contributed by atoms with Gasteiger partial charge in [-0.05, 0) is 25.3 Å². The van der Waals surface area contributed by atoms with E-state index in [1.807, 2.05) is 0 Å². The average Bonchev–Trinajstić information content (AvgIpc) is 3.06. The van der Waals surface area contributed by atoms with Crippen LogP contribution < -0.4 is 5.32 Å². The summed E-state index contributed by atoms with van der Waals surface area (Å²) in [4.78, 5) is 25.4. The molecule has 0 unspecified atom stereocenters. The van der Waals surface area contributed by atoms with E-state index in [-0.39, 0.29) is 18.4 Å². The Morgan fingerprint density at radius 1 is 1.42 bits per heavy atom. The highest BCUT2D eigenvalue weighted by molar-refractivity contribution is 5.94. The number of aromatic nitrogens is 2. The molecule has 0 atom stereocenters. The van der Waals surface area contributed by atoms with E-state index in [9.17, 15) is 9.59 Å². The number of hydrogen-bond acceptors (Lipinski definition) is 3. The SMILES string of the molecule is CCCc1cc(C(=O)NCC(=O)N2CCCC2)n[nH]1. The van der Waals surface area contributed by atoms with Gasteiger partial charge in [-0.1, -0.05) is 13.3 Å². The second kappa shape index (κ2) is 6.36. The zero-order valence-electron chi connectivity index (χ0n) is 11.2. The number of carbonyl (C=O) groups is 2. The number of rotatable bonds is 5. The number of carbonyl (C=O) groups excluding carboxylic acids is 2. The Kier molecular flexibility index (Phi) is 4.54. The second-order valence-corrected chi connectivity index (χ2v) is 4.80. The zero-order chi connectivity index (χ0) is 13.7. The number of H-pyrrole nitrogens is 1. The molecule has 1 aliphatic heterocycles. The quantitative estimate of drug-likeness (QED) is 0.822. The molecule has 2 amide bonds. The minimum atomic E-state index is -0.300. The van der Waals surface area contributed by atoms with Gasteiger partial charge in [0.15, 0.2) is 0 Å². The second-order valence-electron chi connectivity index (χ2n) is 4.80. The van der Waals surface area contributed by atoms with Crippen LogP contribution in [0.25, 0.3) is 0 Å². The third kappa shape index (κ3) is 3.56. The molecule has 1 fully saturated rings. The summed E-state index contributed by atoms with van der Waals surface area (Å²) in [6.07, 6.45) is 3.97. The highest BCUT2D eigenvalue weighted by Crippen LogP contribution is 2.07. The van der Waals surface area contributed by atoms with Crippen LogP contribution in [-0.4, -0.2) is 46.5 Å². The van der Waals surface area contributed by atoms with Gasteiger partial charge in [-0.2, -0.15) is 5.10 Å². The van der Waals surface area contributed by atoms with Crippen molar-refractivity contribution in [2.45, 2.75) is 32.6 Å². The molecule has 1 saturated heterocycles. The lowest BCUT2D eigenvalue weighted by Gasteiger charge is -2.14. The van der Waals surface area contributed by atoms with Gasteiger partial charge < -0.3 is 10.2 Å². The Labute approximate surface area is 112 Å². The Hall–Kier alpha value is -1.85. The molecule has 0 bridgehead atoms. The maximum atomic E-state index is 11.8. The first-order valence-electron chi connectivity index (χ1n) is 6.81. The molecule has 1 aromatic heterocycles. The van der Waals surface area contributed by atoms with Crippen LogP contribution in [0, 0.1) is 0 Å². The maximum Gasteiger partial charge on any atom is 0.272 e. The number of aryl methyl sites for hydroxylation is 1. The third-order valence-corrected chi connectivity index (χ3v) is 3.24. The first-order chi connectivity index (χ1) is 9.20. The van der Waals surface area contributed by atoms with E-state index in [0.29, 0.717) is 5.69 Å². The first-order valence-corrected chi connectivity index (χ1v) is 6.81. The molecule has 0 radical (unpaired) electrons.